The Morgan fingerprint density at radius 3 is 2.57 bits per heavy atom. The van der Waals surface area contributed by atoms with Gasteiger partial charge in [0.2, 0.25) is 0 Å². The van der Waals surface area contributed by atoms with Gasteiger partial charge in [0.15, 0.2) is 11.4 Å². The minimum atomic E-state index is -1.10. The predicted octanol–water partition coefficient (Wildman–Crippen LogP) is 1.87. The van der Waals surface area contributed by atoms with Crippen LogP contribution in [0.15, 0.2) is 18.2 Å². The van der Waals surface area contributed by atoms with E-state index in [1.165, 1.54) is 11.8 Å². The normalized spacial score (nSPS) is 16.1. The molecule has 1 aromatic carbocycles. The summed E-state index contributed by atoms with van der Waals surface area (Å²) < 4.78 is 5.67. The maximum atomic E-state index is 12.4. The van der Waals surface area contributed by atoms with Gasteiger partial charge in [-0.1, -0.05) is 0 Å². The second-order valence-electron chi connectivity index (χ2n) is 5.45. The van der Waals surface area contributed by atoms with Gasteiger partial charge in [-0.2, -0.15) is 0 Å². The number of benzene rings is 1. The molecule has 6 heteroatoms. The molecule has 0 radical (unpaired) electrons. The van der Waals surface area contributed by atoms with Crippen LogP contribution in [-0.2, 0) is 9.59 Å². The molecule has 0 aromatic heterocycles. The third kappa shape index (κ3) is 2.89. The van der Waals surface area contributed by atoms with Crippen molar-refractivity contribution < 1.29 is 24.2 Å². The summed E-state index contributed by atoms with van der Waals surface area (Å²) in [5, 5.41) is 8.81. The Labute approximate surface area is 122 Å². The molecule has 21 heavy (non-hydrogen) atoms. The van der Waals surface area contributed by atoms with Crippen molar-refractivity contribution in [3.05, 3.63) is 23.8 Å². The number of ketones is 1. The summed E-state index contributed by atoms with van der Waals surface area (Å²) in [7, 11) is 0. The molecule has 1 aromatic rings. The summed E-state index contributed by atoms with van der Waals surface area (Å²) >= 11 is 0. The lowest BCUT2D eigenvalue weighted by Crippen LogP contribution is -2.53. The molecular weight excluding hydrogens is 274 g/mol. The van der Waals surface area contributed by atoms with Crippen LogP contribution in [0.5, 0.6) is 5.75 Å². The average Bonchev–Trinajstić information content (AvgIpc) is 2.38. The third-order valence-electron chi connectivity index (χ3n) is 3.33. The van der Waals surface area contributed by atoms with E-state index in [4.69, 9.17) is 9.84 Å². The number of carbonyl (C=O) groups excluding carboxylic acids is 2. The number of carboxylic acids is 1. The molecule has 0 atom stereocenters. The molecule has 0 fully saturated rings. The maximum absolute atomic E-state index is 12.4. The van der Waals surface area contributed by atoms with Gasteiger partial charge in [-0.05, 0) is 39.0 Å². The Hall–Kier alpha value is -2.37. The van der Waals surface area contributed by atoms with Crippen LogP contribution in [0.2, 0.25) is 0 Å². The Bertz CT molecular complexity index is 620. The van der Waals surface area contributed by atoms with Crippen LogP contribution in [0.3, 0.4) is 0 Å². The maximum Gasteiger partial charge on any atom is 0.305 e. The highest BCUT2D eigenvalue weighted by Gasteiger charge is 2.41. The number of hydrogen-bond acceptors (Lipinski definition) is 4. The summed E-state index contributed by atoms with van der Waals surface area (Å²) in [6.45, 7) is 4.75. The van der Waals surface area contributed by atoms with Crippen molar-refractivity contribution >= 4 is 23.3 Å². The lowest BCUT2D eigenvalue weighted by Gasteiger charge is -2.38. The lowest BCUT2D eigenvalue weighted by molar-refractivity contribution is -0.137. The van der Waals surface area contributed by atoms with Crippen LogP contribution < -0.4 is 9.64 Å². The molecule has 0 spiro atoms. The minimum Gasteiger partial charge on any atom is -0.481 e. The number of hydrogen-bond donors (Lipinski definition) is 1. The molecule has 0 saturated heterocycles. The molecular formula is C15H17NO5. The molecule has 1 aliphatic heterocycles. The second kappa shape index (κ2) is 5.20. The molecule has 1 N–H and O–H groups in total. The van der Waals surface area contributed by atoms with Gasteiger partial charge in [0.05, 0.1) is 12.1 Å². The van der Waals surface area contributed by atoms with Crippen LogP contribution in [0.25, 0.3) is 0 Å². The molecule has 112 valence electrons. The van der Waals surface area contributed by atoms with Gasteiger partial charge in [0, 0.05) is 12.1 Å². The average molecular weight is 291 g/mol. The third-order valence-corrected chi connectivity index (χ3v) is 3.33. The van der Waals surface area contributed by atoms with Gasteiger partial charge < -0.3 is 14.7 Å². The monoisotopic (exact) mass is 291 g/mol. The summed E-state index contributed by atoms with van der Waals surface area (Å²) in [6.07, 6.45) is -0.157. The van der Waals surface area contributed by atoms with Crippen molar-refractivity contribution in [2.75, 3.05) is 11.4 Å². The number of aliphatic carboxylic acids is 1. The second-order valence-corrected chi connectivity index (χ2v) is 5.45. The lowest BCUT2D eigenvalue weighted by atomic mass is 10.0. The van der Waals surface area contributed by atoms with Gasteiger partial charge in [-0.3, -0.25) is 14.4 Å². The summed E-state index contributed by atoms with van der Waals surface area (Å²) in [5.41, 5.74) is -0.122. The first kappa shape index (κ1) is 15.0. The highest BCUT2D eigenvalue weighted by molar-refractivity contribution is 6.04. The van der Waals surface area contributed by atoms with Crippen molar-refractivity contribution in [3.8, 4) is 5.75 Å². The van der Waals surface area contributed by atoms with Crippen LogP contribution in [0.4, 0.5) is 5.69 Å². The van der Waals surface area contributed by atoms with Crippen LogP contribution in [0, 0.1) is 0 Å². The van der Waals surface area contributed by atoms with Crippen molar-refractivity contribution in [3.63, 3.8) is 0 Å². The van der Waals surface area contributed by atoms with Gasteiger partial charge in [-0.15, -0.1) is 0 Å². The first-order valence-electron chi connectivity index (χ1n) is 6.60. The Morgan fingerprint density at radius 1 is 1.33 bits per heavy atom. The number of nitrogens with zero attached hydrogens (tertiary/aromatic N) is 1. The number of ether oxygens (including phenoxy) is 1. The van der Waals surface area contributed by atoms with E-state index in [0.29, 0.717) is 17.0 Å². The Kier molecular flexibility index (Phi) is 3.72. The molecule has 1 heterocycles. The van der Waals surface area contributed by atoms with Crippen LogP contribution in [-0.4, -0.2) is 34.9 Å². The van der Waals surface area contributed by atoms with Crippen LogP contribution in [0.1, 0.15) is 37.6 Å². The zero-order valence-corrected chi connectivity index (χ0v) is 12.2. The van der Waals surface area contributed by atoms with Gasteiger partial charge in [0.25, 0.3) is 5.91 Å². The summed E-state index contributed by atoms with van der Waals surface area (Å²) in [6, 6.07) is 4.80. The molecule has 0 saturated carbocycles. The van der Waals surface area contributed by atoms with E-state index in [0.717, 1.165) is 0 Å². The summed E-state index contributed by atoms with van der Waals surface area (Å²) in [5.74, 6) is -0.966. The van der Waals surface area contributed by atoms with Gasteiger partial charge >= 0.3 is 5.97 Å². The van der Waals surface area contributed by atoms with E-state index in [2.05, 4.69) is 0 Å². The molecule has 0 unspecified atom stereocenters. The number of anilines is 1. The van der Waals surface area contributed by atoms with E-state index < -0.39 is 11.6 Å². The molecule has 2 rings (SSSR count). The highest BCUT2D eigenvalue weighted by atomic mass is 16.5. The largest absolute Gasteiger partial charge is 0.481 e. The van der Waals surface area contributed by atoms with E-state index in [9.17, 15) is 14.4 Å². The fourth-order valence-corrected chi connectivity index (χ4v) is 2.22. The van der Waals surface area contributed by atoms with E-state index in [-0.39, 0.29) is 24.7 Å². The molecule has 1 aliphatic rings. The fraction of sp³-hybridized carbons (Fsp3) is 0.400. The first-order chi connectivity index (χ1) is 9.72. The predicted molar refractivity (Wildman–Crippen MR) is 75.8 cm³/mol. The van der Waals surface area contributed by atoms with Gasteiger partial charge in [-0.25, -0.2) is 0 Å². The van der Waals surface area contributed by atoms with E-state index in [1.54, 1.807) is 32.0 Å². The Morgan fingerprint density at radius 2 is 2.00 bits per heavy atom. The van der Waals surface area contributed by atoms with Crippen molar-refractivity contribution in [1.29, 1.82) is 0 Å². The quantitative estimate of drug-likeness (QED) is 0.856. The first-order valence-corrected chi connectivity index (χ1v) is 6.60. The van der Waals surface area contributed by atoms with Crippen molar-refractivity contribution in [2.45, 2.75) is 32.8 Å². The van der Waals surface area contributed by atoms with Crippen molar-refractivity contribution in [2.24, 2.45) is 0 Å². The zero-order chi connectivity index (χ0) is 15.8. The topological polar surface area (TPSA) is 83.9 Å². The zero-order valence-electron chi connectivity index (χ0n) is 12.2. The number of amides is 1. The standard InChI is InChI=1S/C15H17NO5/c1-9(17)10-4-5-11-12(8-10)21-15(2,3)14(20)16(11)7-6-13(18)19/h4-5,8H,6-7H2,1-3H3,(H,18,19). The number of fused-ring (bicyclic) bond motifs is 1. The molecule has 6 nitrogen and oxygen atoms in total. The minimum absolute atomic E-state index is 0.0629. The highest BCUT2D eigenvalue weighted by Crippen LogP contribution is 2.38. The van der Waals surface area contributed by atoms with E-state index in [1.807, 2.05) is 0 Å². The number of rotatable bonds is 4. The number of carboxylic acid groups (broad SMARTS) is 1. The Balaban J connectivity index is 2.44. The van der Waals surface area contributed by atoms with Crippen molar-refractivity contribution in [1.82, 2.24) is 0 Å². The van der Waals surface area contributed by atoms with Crippen LogP contribution >= 0.6 is 0 Å². The van der Waals surface area contributed by atoms with Gasteiger partial charge in [0.1, 0.15) is 5.75 Å². The smallest absolute Gasteiger partial charge is 0.305 e. The molecule has 1 amide bonds. The molecule has 0 aliphatic carbocycles. The SMILES string of the molecule is CC(=O)c1ccc2c(c1)OC(C)(C)C(=O)N2CCC(=O)O. The molecule has 0 bridgehead atoms. The summed E-state index contributed by atoms with van der Waals surface area (Å²) in [4.78, 5) is 36.0. The number of carbonyl (C=O) groups is 3. The number of Topliss-reactive ketones (excluding diaryl/α,β-unsaturated/α-hetero) is 1. The fourth-order valence-electron chi connectivity index (χ4n) is 2.22. The van der Waals surface area contributed by atoms with E-state index >= 15 is 0 Å².